The van der Waals surface area contributed by atoms with Gasteiger partial charge in [-0.2, -0.15) is 0 Å². The van der Waals surface area contributed by atoms with Crippen molar-refractivity contribution in [3.8, 4) is 0 Å². The second-order valence-corrected chi connectivity index (χ2v) is 7.05. The maximum absolute atomic E-state index is 4.76. The van der Waals surface area contributed by atoms with Crippen LogP contribution >= 0.6 is 0 Å². The quantitative estimate of drug-likeness (QED) is 0.673. The molecule has 3 rings (SSSR count). The van der Waals surface area contributed by atoms with Gasteiger partial charge in [0.25, 0.3) is 0 Å². The fourth-order valence-electron chi connectivity index (χ4n) is 3.89. The highest BCUT2D eigenvalue weighted by Gasteiger charge is 2.24. The Morgan fingerprint density at radius 2 is 2.09 bits per heavy atom. The maximum Gasteiger partial charge on any atom is 0.193 e. The van der Waals surface area contributed by atoms with Crippen LogP contribution < -0.4 is 5.32 Å². The summed E-state index contributed by atoms with van der Waals surface area (Å²) >= 11 is 0. The number of nitrogens with zero attached hydrogens (tertiary/aromatic N) is 4. The van der Waals surface area contributed by atoms with Crippen LogP contribution in [0.15, 0.2) is 11.2 Å². The van der Waals surface area contributed by atoms with E-state index >= 15 is 0 Å². The zero-order valence-corrected chi connectivity index (χ0v) is 14.2. The van der Waals surface area contributed by atoms with Gasteiger partial charge >= 0.3 is 0 Å². The number of piperidine rings is 1. The van der Waals surface area contributed by atoms with Crippen LogP contribution in [0.25, 0.3) is 0 Å². The number of fused-ring (bicyclic) bond motifs is 1. The predicted octanol–water partition coefficient (Wildman–Crippen LogP) is 2.27. The number of imidazole rings is 1. The molecule has 0 bridgehead atoms. The Bertz CT molecular complexity index is 500. The number of likely N-dealkylation sites (tertiary alicyclic amines) is 1. The number of hydrogen-bond acceptors (Lipinski definition) is 2. The SMILES string of the molecule is CN=C(NCc1cn2c(n1)CCCC2)N1CC(C)CC(C)C1. The minimum Gasteiger partial charge on any atom is -0.351 e. The van der Waals surface area contributed by atoms with Crippen molar-refractivity contribution in [1.29, 1.82) is 0 Å². The van der Waals surface area contributed by atoms with Crippen LogP contribution in [0.1, 0.15) is 44.6 Å². The first-order valence-electron chi connectivity index (χ1n) is 8.66. The Balaban J connectivity index is 1.60. The zero-order chi connectivity index (χ0) is 15.5. The van der Waals surface area contributed by atoms with E-state index in [0.29, 0.717) is 0 Å². The number of guanidine groups is 1. The maximum atomic E-state index is 4.76. The van der Waals surface area contributed by atoms with Crippen LogP contribution in [0.3, 0.4) is 0 Å². The second-order valence-electron chi connectivity index (χ2n) is 7.05. The molecule has 22 heavy (non-hydrogen) atoms. The molecule has 2 atom stereocenters. The van der Waals surface area contributed by atoms with Gasteiger partial charge in [0.15, 0.2) is 5.96 Å². The lowest BCUT2D eigenvalue weighted by Crippen LogP contribution is -2.48. The fourth-order valence-corrected chi connectivity index (χ4v) is 3.89. The van der Waals surface area contributed by atoms with E-state index in [1.807, 2.05) is 7.05 Å². The molecule has 0 radical (unpaired) electrons. The normalized spacial score (nSPS) is 26.0. The Hall–Kier alpha value is -1.52. The van der Waals surface area contributed by atoms with Gasteiger partial charge in [0.05, 0.1) is 12.2 Å². The molecular weight excluding hydrogens is 274 g/mol. The van der Waals surface area contributed by atoms with Gasteiger partial charge in [-0.15, -0.1) is 0 Å². The summed E-state index contributed by atoms with van der Waals surface area (Å²) in [6.45, 7) is 8.76. The summed E-state index contributed by atoms with van der Waals surface area (Å²) in [7, 11) is 1.88. The third kappa shape index (κ3) is 3.45. The number of aryl methyl sites for hydroxylation is 2. The van der Waals surface area contributed by atoms with Gasteiger partial charge in [-0.3, -0.25) is 4.99 Å². The Morgan fingerprint density at radius 3 is 2.77 bits per heavy atom. The molecule has 5 heteroatoms. The number of aliphatic imine (C=N–C) groups is 1. The molecule has 1 aromatic rings. The molecule has 0 saturated carbocycles. The summed E-state index contributed by atoms with van der Waals surface area (Å²) < 4.78 is 2.31. The minimum atomic E-state index is 0.738. The van der Waals surface area contributed by atoms with Crippen molar-refractivity contribution in [2.45, 2.75) is 52.6 Å². The lowest BCUT2D eigenvalue weighted by Gasteiger charge is -2.37. The first-order chi connectivity index (χ1) is 10.7. The van der Waals surface area contributed by atoms with Crippen LogP contribution in [0.5, 0.6) is 0 Å². The Morgan fingerprint density at radius 1 is 1.32 bits per heavy atom. The van der Waals surface area contributed by atoms with Gasteiger partial charge in [0.2, 0.25) is 0 Å². The highest BCUT2D eigenvalue weighted by atomic mass is 15.3. The average Bonchev–Trinajstić information content (AvgIpc) is 2.89. The van der Waals surface area contributed by atoms with Crippen LogP contribution in [-0.2, 0) is 19.5 Å². The van der Waals surface area contributed by atoms with Crippen molar-refractivity contribution in [2.75, 3.05) is 20.1 Å². The largest absolute Gasteiger partial charge is 0.351 e. The van der Waals surface area contributed by atoms with Gasteiger partial charge in [-0.25, -0.2) is 4.98 Å². The van der Waals surface area contributed by atoms with E-state index in [4.69, 9.17) is 4.98 Å². The minimum absolute atomic E-state index is 0.738. The van der Waals surface area contributed by atoms with Crippen molar-refractivity contribution in [2.24, 2.45) is 16.8 Å². The van der Waals surface area contributed by atoms with Gasteiger partial charge in [0, 0.05) is 39.3 Å². The third-order valence-corrected chi connectivity index (χ3v) is 4.77. The lowest BCUT2D eigenvalue weighted by atomic mass is 9.92. The molecule has 2 aliphatic heterocycles. The average molecular weight is 303 g/mol. The van der Waals surface area contributed by atoms with Crippen molar-refractivity contribution < 1.29 is 0 Å². The van der Waals surface area contributed by atoms with E-state index in [0.717, 1.165) is 56.1 Å². The molecular formula is C17H29N5. The molecule has 5 nitrogen and oxygen atoms in total. The summed E-state index contributed by atoms with van der Waals surface area (Å²) in [6, 6.07) is 0. The van der Waals surface area contributed by atoms with Crippen molar-refractivity contribution in [3.05, 3.63) is 17.7 Å². The number of hydrogen-bond donors (Lipinski definition) is 1. The molecule has 1 aromatic heterocycles. The molecule has 2 aliphatic rings. The third-order valence-electron chi connectivity index (χ3n) is 4.77. The summed E-state index contributed by atoms with van der Waals surface area (Å²) in [5.41, 5.74) is 1.14. The van der Waals surface area contributed by atoms with Gasteiger partial charge < -0.3 is 14.8 Å². The molecule has 0 spiro atoms. The van der Waals surface area contributed by atoms with Crippen LogP contribution in [-0.4, -0.2) is 40.5 Å². The zero-order valence-electron chi connectivity index (χ0n) is 14.2. The molecule has 1 N–H and O–H groups in total. The fraction of sp³-hybridized carbons (Fsp3) is 0.765. The molecule has 0 aliphatic carbocycles. The first kappa shape index (κ1) is 15.4. The van der Waals surface area contributed by atoms with Crippen molar-refractivity contribution >= 4 is 5.96 Å². The molecule has 0 amide bonds. The number of nitrogens with one attached hydrogen (secondary N) is 1. The Kier molecular flexibility index (Phi) is 4.69. The van der Waals surface area contributed by atoms with Gasteiger partial charge in [-0.05, 0) is 31.1 Å². The molecule has 1 fully saturated rings. The first-order valence-corrected chi connectivity index (χ1v) is 8.66. The van der Waals surface area contributed by atoms with Gasteiger partial charge in [0.1, 0.15) is 5.82 Å². The van der Waals surface area contributed by atoms with E-state index in [1.54, 1.807) is 0 Å². The second kappa shape index (κ2) is 6.71. The molecule has 122 valence electrons. The van der Waals surface area contributed by atoms with Crippen LogP contribution in [0.2, 0.25) is 0 Å². The van der Waals surface area contributed by atoms with E-state index in [9.17, 15) is 0 Å². The standard InChI is InChI=1S/C17H29N5/c1-13-8-14(2)11-22(10-13)17(18-3)19-9-15-12-21-7-5-4-6-16(21)20-15/h12-14H,4-11H2,1-3H3,(H,18,19). The summed E-state index contributed by atoms with van der Waals surface area (Å²) in [4.78, 5) is 11.6. The van der Waals surface area contributed by atoms with E-state index in [2.05, 4.69) is 39.8 Å². The smallest absolute Gasteiger partial charge is 0.193 e. The lowest BCUT2D eigenvalue weighted by molar-refractivity contribution is 0.208. The van der Waals surface area contributed by atoms with Gasteiger partial charge in [-0.1, -0.05) is 13.8 Å². The van der Waals surface area contributed by atoms with E-state index in [-0.39, 0.29) is 0 Å². The molecule has 1 saturated heterocycles. The molecule has 2 unspecified atom stereocenters. The Labute approximate surface area is 133 Å². The summed E-state index contributed by atoms with van der Waals surface area (Å²) in [5, 5.41) is 3.51. The van der Waals surface area contributed by atoms with Crippen LogP contribution in [0, 0.1) is 11.8 Å². The topological polar surface area (TPSA) is 45.5 Å². The van der Waals surface area contributed by atoms with E-state index in [1.165, 1.54) is 25.1 Å². The van der Waals surface area contributed by atoms with Crippen molar-refractivity contribution in [1.82, 2.24) is 19.8 Å². The molecule has 0 aromatic carbocycles. The monoisotopic (exact) mass is 303 g/mol. The number of aromatic nitrogens is 2. The predicted molar refractivity (Wildman–Crippen MR) is 89.9 cm³/mol. The highest BCUT2D eigenvalue weighted by molar-refractivity contribution is 5.79. The van der Waals surface area contributed by atoms with Crippen LogP contribution in [0.4, 0.5) is 0 Å². The summed E-state index contributed by atoms with van der Waals surface area (Å²) in [5.74, 6) is 3.74. The van der Waals surface area contributed by atoms with Crippen molar-refractivity contribution in [3.63, 3.8) is 0 Å². The highest BCUT2D eigenvalue weighted by Crippen LogP contribution is 2.21. The number of rotatable bonds is 2. The molecule has 3 heterocycles. The van der Waals surface area contributed by atoms with E-state index < -0.39 is 0 Å². The summed E-state index contributed by atoms with van der Waals surface area (Å²) in [6.07, 6.45) is 7.20.